The van der Waals surface area contributed by atoms with E-state index in [1.807, 2.05) is 11.8 Å². The predicted octanol–water partition coefficient (Wildman–Crippen LogP) is 1.98. The van der Waals surface area contributed by atoms with Gasteiger partial charge in [0.25, 0.3) is 0 Å². The first kappa shape index (κ1) is 6.56. The Morgan fingerprint density at radius 1 is 1.75 bits per heavy atom. The number of hydrogen-bond acceptors (Lipinski definition) is 2. The summed E-state index contributed by atoms with van der Waals surface area (Å²) in [6, 6.07) is 0. The van der Waals surface area contributed by atoms with E-state index in [-0.39, 0.29) is 0 Å². The fraction of sp³-hybridized carbons (Fsp3) is 0.667. The van der Waals surface area contributed by atoms with Gasteiger partial charge in [-0.25, -0.2) is 0 Å². The molecule has 0 aliphatic carbocycles. The normalized spacial score (nSPS) is 18.9. The van der Waals surface area contributed by atoms with Gasteiger partial charge in [0, 0.05) is 11.5 Å². The number of hydrogen-bond donors (Lipinski definition) is 1. The minimum absolute atomic E-state index is 1.01. The zero-order chi connectivity index (χ0) is 5.82. The first-order valence-electron chi connectivity index (χ1n) is 2.80. The summed E-state index contributed by atoms with van der Waals surface area (Å²) < 4.78 is 0. The lowest BCUT2D eigenvalue weighted by Gasteiger charge is -1.92. The number of thioether (sulfide) groups is 1. The first-order valence-corrected chi connectivity index (χ1v) is 4.58. The highest BCUT2D eigenvalue weighted by Crippen LogP contribution is 2.19. The summed E-state index contributed by atoms with van der Waals surface area (Å²) in [5.74, 6) is 3.48. The van der Waals surface area contributed by atoms with Gasteiger partial charge in [0.05, 0.1) is 0 Å². The minimum atomic E-state index is 1.01. The molecule has 0 spiro atoms. The zero-order valence-electron chi connectivity index (χ0n) is 4.76. The summed E-state index contributed by atoms with van der Waals surface area (Å²) in [6.45, 7) is 0. The van der Waals surface area contributed by atoms with E-state index in [1.165, 1.54) is 17.9 Å². The highest BCUT2D eigenvalue weighted by atomic mass is 32.2. The molecule has 1 rings (SSSR count). The molecule has 8 heavy (non-hydrogen) atoms. The molecule has 0 saturated carbocycles. The van der Waals surface area contributed by atoms with Crippen LogP contribution in [-0.2, 0) is 0 Å². The molecular formula is C6H10S2. The maximum atomic E-state index is 4.15. The van der Waals surface area contributed by atoms with Crippen molar-refractivity contribution in [3.63, 3.8) is 0 Å². The van der Waals surface area contributed by atoms with E-state index in [0.29, 0.717) is 0 Å². The average molecular weight is 146 g/mol. The molecule has 0 N–H and O–H groups in total. The summed E-state index contributed by atoms with van der Waals surface area (Å²) in [5.41, 5.74) is 1.59. The number of thiol groups is 1. The second kappa shape index (κ2) is 3.46. The van der Waals surface area contributed by atoms with Crippen LogP contribution in [0.4, 0.5) is 0 Å². The average Bonchev–Trinajstić information content (AvgIpc) is 2.19. The lowest BCUT2D eigenvalue weighted by Crippen LogP contribution is -1.81. The molecule has 0 aromatic carbocycles. The Morgan fingerprint density at radius 3 is 3.12 bits per heavy atom. The van der Waals surface area contributed by atoms with Gasteiger partial charge in [-0.15, -0.1) is 0 Å². The van der Waals surface area contributed by atoms with Crippen LogP contribution in [0.3, 0.4) is 0 Å². The third kappa shape index (κ3) is 1.75. The van der Waals surface area contributed by atoms with Crippen LogP contribution in [0.5, 0.6) is 0 Å². The Bertz CT molecular complexity index is 96.7. The van der Waals surface area contributed by atoms with Crippen LogP contribution in [0.25, 0.3) is 0 Å². The van der Waals surface area contributed by atoms with E-state index in [1.54, 1.807) is 5.57 Å². The maximum absolute atomic E-state index is 4.15. The molecule has 1 aliphatic heterocycles. The lowest BCUT2D eigenvalue weighted by atomic mass is 10.2. The third-order valence-electron chi connectivity index (χ3n) is 1.21. The van der Waals surface area contributed by atoms with Crippen LogP contribution in [0.15, 0.2) is 11.6 Å². The molecule has 0 atom stereocenters. The fourth-order valence-corrected chi connectivity index (χ4v) is 2.03. The monoisotopic (exact) mass is 146 g/mol. The largest absolute Gasteiger partial charge is 0.179 e. The Kier molecular flexibility index (Phi) is 2.84. The van der Waals surface area contributed by atoms with E-state index in [2.05, 4.69) is 18.7 Å². The number of rotatable bonds is 2. The van der Waals surface area contributed by atoms with E-state index in [4.69, 9.17) is 0 Å². The first-order chi connectivity index (χ1) is 3.93. The van der Waals surface area contributed by atoms with E-state index in [0.717, 1.165) is 5.75 Å². The summed E-state index contributed by atoms with van der Waals surface area (Å²) >= 11 is 6.14. The molecule has 0 bridgehead atoms. The van der Waals surface area contributed by atoms with E-state index < -0.39 is 0 Å². The molecule has 0 nitrogen and oxygen atoms in total. The Balaban J connectivity index is 2.23. The SMILES string of the molecule is SCCC1=CCSC1. The summed E-state index contributed by atoms with van der Waals surface area (Å²) in [6.07, 6.45) is 3.51. The Morgan fingerprint density at radius 2 is 2.62 bits per heavy atom. The standard InChI is InChI=1S/C6H10S2/c7-3-1-6-2-4-8-5-6/h2,7H,1,3-5H2. The summed E-state index contributed by atoms with van der Waals surface area (Å²) in [4.78, 5) is 0. The van der Waals surface area contributed by atoms with Gasteiger partial charge in [0.15, 0.2) is 0 Å². The second-order valence-electron chi connectivity index (χ2n) is 1.85. The van der Waals surface area contributed by atoms with Gasteiger partial charge in [0.2, 0.25) is 0 Å². The van der Waals surface area contributed by atoms with Crippen LogP contribution >= 0.6 is 24.4 Å². The van der Waals surface area contributed by atoms with Crippen molar-refractivity contribution < 1.29 is 0 Å². The smallest absolute Gasteiger partial charge is 0.0147 e. The van der Waals surface area contributed by atoms with Crippen LogP contribution in [-0.4, -0.2) is 17.3 Å². The molecule has 0 aromatic heterocycles. The van der Waals surface area contributed by atoms with Crippen LogP contribution in [0.2, 0.25) is 0 Å². The van der Waals surface area contributed by atoms with Crippen molar-refractivity contribution in [2.75, 3.05) is 17.3 Å². The summed E-state index contributed by atoms with van der Waals surface area (Å²) in [7, 11) is 0. The van der Waals surface area contributed by atoms with Crippen molar-refractivity contribution in [3.8, 4) is 0 Å². The molecule has 1 heterocycles. The van der Waals surface area contributed by atoms with Gasteiger partial charge in [0.1, 0.15) is 0 Å². The summed E-state index contributed by atoms with van der Waals surface area (Å²) in [5, 5.41) is 0. The van der Waals surface area contributed by atoms with Gasteiger partial charge < -0.3 is 0 Å². The molecule has 0 amide bonds. The van der Waals surface area contributed by atoms with Crippen molar-refractivity contribution in [2.45, 2.75) is 6.42 Å². The van der Waals surface area contributed by atoms with Crippen molar-refractivity contribution in [1.82, 2.24) is 0 Å². The van der Waals surface area contributed by atoms with Gasteiger partial charge in [-0.1, -0.05) is 11.6 Å². The lowest BCUT2D eigenvalue weighted by molar-refractivity contribution is 1.13. The Labute approximate surface area is 60.1 Å². The van der Waals surface area contributed by atoms with Crippen LogP contribution < -0.4 is 0 Å². The topological polar surface area (TPSA) is 0 Å². The molecular weight excluding hydrogens is 136 g/mol. The van der Waals surface area contributed by atoms with Gasteiger partial charge in [-0.2, -0.15) is 24.4 Å². The minimum Gasteiger partial charge on any atom is -0.179 e. The molecule has 0 unspecified atom stereocenters. The zero-order valence-corrected chi connectivity index (χ0v) is 6.47. The highest BCUT2D eigenvalue weighted by molar-refractivity contribution is 7.99. The fourth-order valence-electron chi connectivity index (χ4n) is 0.744. The predicted molar refractivity (Wildman–Crippen MR) is 43.9 cm³/mol. The highest BCUT2D eigenvalue weighted by Gasteiger charge is 2.01. The van der Waals surface area contributed by atoms with Crippen molar-refractivity contribution in [2.24, 2.45) is 0 Å². The molecule has 46 valence electrons. The molecule has 0 saturated heterocycles. The van der Waals surface area contributed by atoms with Gasteiger partial charge in [-0.3, -0.25) is 0 Å². The van der Waals surface area contributed by atoms with Crippen molar-refractivity contribution in [3.05, 3.63) is 11.6 Å². The van der Waals surface area contributed by atoms with E-state index >= 15 is 0 Å². The van der Waals surface area contributed by atoms with Gasteiger partial charge in [-0.05, 0) is 12.2 Å². The quantitative estimate of drug-likeness (QED) is 0.459. The third-order valence-corrected chi connectivity index (χ3v) is 2.41. The maximum Gasteiger partial charge on any atom is 0.0147 e. The molecule has 0 fully saturated rings. The van der Waals surface area contributed by atoms with Gasteiger partial charge >= 0.3 is 0 Å². The van der Waals surface area contributed by atoms with Crippen LogP contribution in [0.1, 0.15) is 6.42 Å². The van der Waals surface area contributed by atoms with Crippen LogP contribution in [0, 0.1) is 0 Å². The molecule has 0 aromatic rings. The molecule has 1 aliphatic rings. The van der Waals surface area contributed by atoms with E-state index in [9.17, 15) is 0 Å². The Hall–Kier alpha value is 0.440. The molecule has 2 heteroatoms. The van der Waals surface area contributed by atoms with Crippen molar-refractivity contribution >= 4 is 24.4 Å². The second-order valence-corrected chi connectivity index (χ2v) is 3.33. The van der Waals surface area contributed by atoms with Crippen molar-refractivity contribution in [1.29, 1.82) is 0 Å². The molecule has 0 radical (unpaired) electrons.